The topological polar surface area (TPSA) is 0 Å². The Kier molecular flexibility index (Phi) is 10.9. The number of hydrogen-bond acceptors (Lipinski definition) is 1. The van der Waals surface area contributed by atoms with Gasteiger partial charge in [0, 0.05) is 9.75 Å². The summed E-state index contributed by atoms with van der Waals surface area (Å²) in [6.07, 6.45) is 15.6. The van der Waals surface area contributed by atoms with Crippen molar-refractivity contribution < 1.29 is 0 Å². The molecule has 1 heterocycles. The summed E-state index contributed by atoms with van der Waals surface area (Å²) >= 11 is 2.06. The van der Waals surface area contributed by atoms with Crippen LogP contribution in [0.2, 0.25) is 0 Å². The van der Waals surface area contributed by atoms with Gasteiger partial charge in [0.2, 0.25) is 0 Å². The van der Waals surface area contributed by atoms with Crippen molar-refractivity contribution in [3.05, 3.63) is 21.4 Å². The summed E-state index contributed by atoms with van der Waals surface area (Å²) in [6.45, 7) is 11.6. The molecular weight excluding hydrogens is 296 g/mol. The molecule has 0 fully saturated rings. The Morgan fingerprint density at radius 3 is 1.74 bits per heavy atom. The van der Waals surface area contributed by atoms with Gasteiger partial charge >= 0.3 is 0 Å². The second-order valence-electron chi connectivity index (χ2n) is 7.78. The van der Waals surface area contributed by atoms with E-state index < -0.39 is 0 Å². The number of unbranched alkanes of at least 4 members (excludes halogenated alkanes) is 9. The molecule has 1 aromatic heterocycles. The first-order valence-corrected chi connectivity index (χ1v) is 11.0. The van der Waals surface area contributed by atoms with E-state index in [-0.39, 0.29) is 0 Å². The molecule has 0 unspecified atom stereocenters. The number of rotatable bonds is 13. The van der Waals surface area contributed by atoms with E-state index in [2.05, 4.69) is 52.0 Å². The molecular formula is C22H40S. The fraction of sp³-hybridized carbons (Fsp3) is 0.818. The Balaban J connectivity index is 2.18. The molecule has 0 nitrogen and oxygen atoms in total. The summed E-state index contributed by atoms with van der Waals surface area (Å²) < 4.78 is 0. The molecule has 0 aliphatic carbocycles. The molecule has 0 amide bonds. The quantitative estimate of drug-likeness (QED) is 0.317. The van der Waals surface area contributed by atoms with Crippen molar-refractivity contribution in [3.63, 3.8) is 0 Å². The fourth-order valence-electron chi connectivity index (χ4n) is 3.24. The molecule has 1 aromatic rings. The maximum Gasteiger partial charge on any atom is 0.0106 e. The first-order chi connectivity index (χ1) is 11.1. The van der Waals surface area contributed by atoms with Crippen LogP contribution in [0.5, 0.6) is 0 Å². The van der Waals surface area contributed by atoms with Crippen LogP contribution in [-0.2, 0) is 6.42 Å². The predicted molar refractivity (Wildman–Crippen MR) is 108 cm³/mol. The molecule has 0 bridgehead atoms. The van der Waals surface area contributed by atoms with Crippen molar-refractivity contribution in [3.8, 4) is 0 Å². The van der Waals surface area contributed by atoms with Gasteiger partial charge in [0.15, 0.2) is 0 Å². The molecule has 134 valence electrons. The molecule has 0 saturated heterocycles. The van der Waals surface area contributed by atoms with E-state index in [4.69, 9.17) is 0 Å². The van der Waals surface area contributed by atoms with Crippen LogP contribution in [0.25, 0.3) is 0 Å². The van der Waals surface area contributed by atoms with Crippen molar-refractivity contribution in [2.24, 2.45) is 0 Å². The van der Waals surface area contributed by atoms with Gasteiger partial charge in [-0.3, -0.25) is 0 Å². The molecule has 23 heavy (non-hydrogen) atoms. The van der Waals surface area contributed by atoms with Crippen molar-refractivity contribution in [2.45, 2.75) is 117 Å². The third-order valence-corrected chi connectivity index (χ3v) is 6.53. The van der Waals surface area contributed by atoms with Gasteiger partial charge in [-0.1, -0.05) is 92.4 Å². The fourth-order valence-corrected chi connectivity index (χ4v) is 4.45. The molecule has 0 spiro atoms. The van der Waals surface area contributed by atoms with E-state index in [1.807, 2.05) is 0 Å². The van der Waals surface area contributed by atoms with Gasteiger partial charge in [0.05, 0.1) is 0 Å². The van der Waals surface area contributed by atoms with Crippen LogP contribution < -0.4 is 0 Å². The molecule has 0 atom stereocenters. The molecule has 0 saturated carbocycles. The van der Waals surface area contributed by atoms with Crippen LogP contribution in [0, 0.1) is 0 Å². The van der Waals surface area contributed by atoms with E-state index in [0.717, 1.165) is 0 Å². The van der Waals surface area contributed by atoms with Gasteiger partial charge in [-0.05, 0) is 36.3 Å². The average molecular weight is 337 g/mol. The van der Waals surface area contributed by atoms with Crippen LogP contribution in [-0.4, -0.2) is 0 Å². The second kappa shape index (κ2) is 12.1. The summed E-state index contributed by atoms with van der Waals surface area (Å²) in [5.74, 6) is 1.37. The van der Waals surface area contributed by atoms with Crippen LogP contribution in [0.4, 0.5) is 0 Å². The molecule has 0 aliphatic rings. The highest BCUT2D eigenvalue weighted by Crippen LogP contribution is 2.34. The zero-order valence-corrected chi connectivity index (χ0v) is 17.2. The largest absolute Gasteiger partial charge is 0.145 e. The van der Waals surface area contributed by atoms with E-state index in [0.29, 0.717) is 11.8 Å². The van der Waals surface area contributed by atoms with Gasteiger partial charge < -0.3 is 0 Å². The smallest absolute Gasteiger partial charge is 0.0106 e. The van der Waals surface area contributed by atoms with E-state index in [9.17, 15) is 0 Å². The van der Waals surface area contributed by atoms with Crippen molar-refractivity contribution in [1.29, 1.82) is 0 Å². The van der Waals surface area contributed by atoms with Gasteiger partial charge in [0.1, 0.15) is 0 Å². The Labute approximate surface area is 150 Å². The summed E-state index contributed by atoms with van der Waals surface area (Å²) in [4.78, 5) is 3.22. The lowest BCUT2D eigenvalue weighted by atomic mass is 10.00. The minimum Gasteiger partial charge on any atom is -0.145 e. The van der Waals surface area contributed by atoms with Crippen molar-refractivity contribution in [2.75, 3.05) is 0 Å². The van der Waals surface area contributed by atoms with Gasteiger partial charge in [-0.25, -0.2) is 0 Å². The predicted octanol–water partition coefficient (Wildman–Crippen LogP) is 8.46. The lowest BCUT2D eigenvalue weighted by molar-refractivity contribution is 0.556. The zero-order valence-electron chi connectivity index (χ0n) is 16.4. The molecule has 1 heteroatoms. The van der Waals surface area contributed by atoms with Crippen LogP contribution in [0.1, 0.15) is 126 Å². The molecule has 1 rings (SSSR count). The Morgan fingerprint density at radius 1 is 0.739 bits per heavy atom. The van der Waals surface area contributed by atoms with E-state index in [1.165, 1.54) is 70.6 Å². The average Bonchev–Trinajstić information content (AvgIpc) is 2.94. The molecule has 0 aliphatic heterocycles. The Morgan fingerprint density at radius 2 is 1.26 bits per heavy atom. The third kappa shape index (κ3) is 8.38. The monoisotopic (exact) mass is 336 g/mol. The van der Waals surface area contributed by atoms with Gasteiger partial charge in [0.25, 0.3) is 0 Å². The van der Waals surface area contributed by atoms with Crippen LogP contribution in [0.15, 0.2) is 6.07 Å². The highest BCUT2D eigenvalue weighted by molar-refractivity contribution is 7.12. The summed E-state index contributed by atoms with van der Waals surface area (Å²) in [6, 6.07) is 2.50. The minimum atomic E-state index is 0.680. The second-order valence-corrected chi connectivity index (χ2v) is 8.89. The van der Waals surface area contributed by atoms with Crippen molar-refractivity contribution in [1.82, 2.24) is 0 Å². The Hall–Kier alpha value is -0.300. The minimum absolute atomic E-state index is 0.680. The lowest BCUT2D eigenvalue weighted by Crippen LogP contribution is -1.91. The lowest BCUT2D eigenvalue weighted by Gasteiger charge is -2.07. The third-order valence-electron chi connectivity index (χ3n) is 4.75. The number of hydrogen-bond donors (Lipinski definition) is 0. The normalized spacial score (nSPS) is 11.8. The van der Waals surface area contributed by atoms with E-state index in [1.54, 1.807) is 15.3 Å². The Bertz CT molecular complexity index is 400. The zero-order chi connectivity index (χ0) is 17.1. The SMILES string of the molecule is CCCCCCCCCCCCc1cc(C(C)C)sc1C(C)C. The van der Waals surface area contributed by atoms with Gasteiger partial charge in [-0.15, -0.1) is 11.3 Å². The highest BCUT2D eigenvalue weighted by atomic mass is 32.1. The summed E-state index contributed by atoms with van der Waals surface area (Å²) in [5.41, 5.74) is 1.65. The van der Waals surface area contributed by atoms with Crippen molar-refractivity contribution >= 4 is 11.3 Å². The van der Waals surface area contributed by atoms with Crippen LogP contribution in [0.3, 0.4) is 0 Å². The van der Waals surface area contributed by atoms with Crippen LogP contribution >= 0.6 is 11.3 Å². The number of thiophene rings is 1. The standard InChI is InChI=1S/C22H40S/c1-6-7-8-9-10-11-12-13-14-15-16-20-17-21(18(2)3)23-22(20)19(4)5/h17-19H,6-16H2,1-5H3. The van der Waals surface area contributed by atoms with Gasteiger partial charge in [-0.2, -0.15) is 0 Å². The summed E-state index contributed by atoms with van der Waals surface area (Å²) in [5, 5.41) is 0. The maximum absolute atomic E-state index is 2.50. The highest BCUT2D eigenvalue weighted by Gasteiger charge is 2.13. The summed E-state index contributed by atoms with van der Waals surface area (Å²) in [7, 11) is 0. The van der Waals surface area contributed by atoms with E-state index >= 15 is 0 Å². The number of aryl methyl sites for hydroxylation is 1. The molecule has 0 radical (unpaired) electrons. The first kappa shape index (κ1) is 20.7. The molecule has 0 N–H and O–H groups in total. The maximum atomic E-state index is 2.50. The first-order valence-electron chi connectivity index (χ1n) is 10.2. The molecule has 0 aromatic carbocycles.